The van der Waals surface area contributed by atoms with E-state index >= 15 is 0 Å². The van der Waals surface area contributed by atoms with E-state index in [1.54, 1.807) is 27.2 Å². The van der Waals surface area contributed by atoms with Gasteiger partial charge >= 0.3 is 0 Å². The lowest BCUT2D eigenvalue weighted by atomic mass is 9.95. The third-order valence-corrected chi connectivity index (χ3v) is 6.22. The highest BCUT2D eigenvalue weighted by molar-refractivity contribution is 7.17. The molecule has 29 heavy (non-hydrogen) atoms. The SMILES string of the molecule is COc1ccc(-c2nc(C)c(C(=O)NCC(=O)NC3CCCCC3)s2)cc1OC. The largest absolute Gasteiger partial charge is 0.493 e. The minimum absolute atomic E-state index is 0.0294. The number of carbonyl (C=O) groups excluding carboxylic acids is 2. The van der Waals surface area contributed by atoms with Gasteiger partial charge in [0.05, 0.1) is 26.5 Å². The summed E-state index contributed by atoms with van der Waals surface area (Å²) < 4.78 is 10.6. The van der Waals surface area contributed by atoms with Gasteiger partial charge in [-0.1, -0.05) is 19.3 Å². The summed E-state index contributed by atoms with van der Waals surface area (Å²) in [5.41, 5.74) is 1.47. The van der Waals surface area contributed by atoms with Gasteiger partial charge < -0.3 is 20.1 Å². The number of hydrogen-bond acceptors (Lipinski definition) is 6. The molecule has 1 heterocycles. The second-order valence-electron chi connectivity index (χ2n) is 7.09. The molecule has 0 unspecified atom stereocenters. The number of rotatable bonds is 7. The Morgan fingerprint density at radius 3 is 2.55 bits per heavy atom. The van der Waals surface area contributed by atoms with Gasteiger partial charge in [-0.3, -0.25) is 9.59 Å². The number of aromatic nitrogens is 1. The van der Waals surface area contributed by atoms with Crippen molar-refractivity contribution >= 4 is 23.2 Å². The van der Waals surface area contributed by atoms with Crippen LogP contribution in [-0.2, 0) is 4.79 Å². The van der Waals surface area contributed by atoms with Crippen LogP contribution in [0.4, 0.5) is 0 Å². The van der Waals surface area contributed by atoms with E-state index in [9.17, 15) is 9.59 Å². The number of carbonyl (C=O) groups is 2. The van der Waals surface area contributed by atoms with Crippen LogP contribution in [0.2, 0.25) is 0 Å². The fourth-order valence-corrected chi connectivity index (χ4v) is 4.45. The van der Waals surface area contributed by atoms with Gasteiger partial charge in [0, 0.05) is 11.6 Å². The van der Waals surface area contributed by atoms with Crippen molar-refractivity contribution in [3.8, 4) is 22.1 Å². The van der Waals surface area contributed by atoms with E-state index in [2.05, 4.69) is 15.6 Å². The second kappa shape index (κ2) is 9.73. The molecule has 1 aromatic carbocycles. The number of thiazole rings is 1. The first kappa shape index (κ1) is 21.1. The van der Waals surface area contributed by atoms with E-state index in [1.807, 2.05) is 12.1 Å². The molecule has 8 heteroatoms. The van der Waals surface area contributed by atoms with Gasteiger partial charge in [0.15, 0.2) is 11.5 Å². The highest BCUT2D eigenvalue weighted by Gasteiger charge is 2.19. The molecule has 0 atom stereocenters. The van der Waals surface area contributed by atoms with Gasteiger partial charge in [0.2, 0.25) is 5.91 Å². The molecule has 2 N–H and O–H groups in total. The maximum absolute atomic E-state index is 12.6. The van der Waals surface area contributed by atoms with Crippen molar-refractivity contribution in [2.75, 3.05) is 20.8 Å². The molecular formula is C21H27N3O4S. The second-order valence-corrected chi connectivity index (χ2v) is 8.09. The summed E-state index contributed by atoms with van der Waals surface area (Å²) in [5.74, 6) is 0.799. The monoisotopic (exact) mass is 417 g/mol. The summed E-state index contributed by atoms with van der Waals surface area (Å²) in [5, 5.41) is 6.42. The Morgan fingerprint density at radius 1 is 1.14 bits per heavy atom. The van der Waals surface area contributed by atoms with Gasteiger partial charge in [-0.25, -0.2) is 4.98 Å². The number of benzene rings is 1. The standard InChI is InChI=1S/C21H27N3O4S/c1-13-19(20(26)22-12-18(25)24-15-7-5-4-6-8-15)29-21(23-13)14-9-10-16(27-2)17(11-14)28-3/h9-11,15H,4-8,12H2,1-3H3,(H,22,26)(H,24,25). The number of methoxy groups -OCH3 is 2. The first-order valence-corrected chi connectivity index (χ1v) is 10.6. The molecular weight excluding hydrogens is 390 g/mol. The number of hydrogen-bond donors (Lipinski definition) is 2. The number of amides is 2. The molecule has 1 fully saturated rings. The zero-order valence-electron chi connectivity index (χ0n) is 17.0. The Bertz CT molecular complexity index is 875. The van der Waals surface area contributed by atoms with E-state index in [4.69, 9.17) is 9.47 Å². The molecule has 2 aromatic rings. The predicted octanol–water partition coefficient (Wildman–Crippen LogP) is 3.31. The molecule has 3 rings (SSSR count). The molecule has 7 nitrogen and oxygen atoms in total. The fraction of sp³-hybridized carbons (Fsp3) is 0.476. The van der Waals surface area contributed by atoms with Crippen LogP contribution in [0.3, 0.4) is 0 Å². The lowest BCUT2D eigenvalue weighted by Crippen LogP contribution is -2.42. The van der Waals surface area contributed by atoms with Crippen LogP contribution in [0, 0.1) is 6.92 Å². The Hall–Kier alpha value is -2.61. The maximum atomic E-state index is 12.6. The third-order valence-electron chi connectivity index (χ3n) is 5.01. The van der Waals surface area contributed by atoms with E-state index in [1.165, 1.54) is 17.8 Å². The van der Waals surface area contributed by atoms with Crippen molar-refractivity contribution in [2.45, 2.75) is 45.1 Å². The molecule has 0 aliphatic heterocycles. The fourth-order valence-electron chi connectivity index (χ4n) is 3.47. The smallest absolute Gasteiger partial charge is 0.263 e. The zero-order valence-corrected chi connectivity index (χ0v) is 17.9. The summed E-state index contributed by atoms with van der Waals surface area (Å²) in [6.45, 7) is 1.76. The lowest BCUT2D eigenvalue weighted by molar-refractivity contribution is -0.121. The molecule has 0 spiro atoms. The molecule has 0 radical (unpaired) electrons. The van der Waals surface area contributed by atoms with Crippen molar-refractivity contribution in [1.29, 1.82) is 0 Å². The Labute approximate surface area is 174 Å². The molecule has 156 valence electrons. The van der Waals surface area contributed by atoms with Gasteiger partial charge in [0.25, 0.3) is 5.91 Å². The summed E-state index contributed by atoms with van der Waals surface area (Å²) in [7, 11) is 3.16. The summed E-state index contributed by atoms with van der Waals surface area (Å²) >= 11 is 1.29. The Kier molecular flexibility index (Phi) is 7.09. The van der Waals surface area contributed by atoms with Gasteiger partial charge in [-0.2, -0.15) is 0 Å². The van der Waals surface area contributed by atoms with Crippen LogP contribution in [0.1, 0.15) is 47.5 Å². The molecule has 0 bridgehead atoms. The van der Waals surface area contributed by atoms with Crippen LogP contribution in [-0.4, -0.2) is 43.6 Å². The number of ether oxygens (including phenoxy) is 2. The van der Waals surface area contributed by atoms with Crippen molar-refractivity contribution in [3.63, 3.8) is 0 Å². The van der Waals surface area contributed by atoms with Crippen molar-refractivity contribution in [1.82, 2.24) is 15.6 Å². The quantitative estimate of drug-likeness (QED) is 0.721. The van der Waals surface area contributed by atoms with Gasteiger partial charge in [0.1, 0.15) is 9.88 Å². The molecule has 1 saturated carbocycles. The molecule has 2 amide bonds. The molecule has 1 aromatic heterocycles. The first-order chi connectivity index (χ1) is 14.0. The minimum Gasteiger partial charge on any atom is -0.493 e. The summed E-state index contributed by atoms with van der Waals surface area (Å²) in [4.78, 5) is 29.7. The van der Waals surface area contributed by atoms with Crippen molar-refractivity contribution in [3.05, 3.63) is 28.8 Å². The van der Waals surface area contributed by atoms with E-state index in [0.29, 0.717) is 27.1 Å². The highest BCUT2D eigenvalue weighted by atomic mass is 32.1. The van der Waals surface area contributed by atoms with Gasteiger partial charge in [-0.15, -0.1) is 11.3 Å². The molecule has 1 aliphatic carbocycles. The first-order valence-electron chi connectivity index (χ1n) is 9.79. The summed E-state index contributed by atoms with van der Waals surface area (Å²) in [6, 6.07) is 5.74. The topological polar surface area (TPSA) is 89.5 Å². The minimum atomic E-state index is -0.287. The molecule has 1 aliphatic rings. The Balaban J connectivity index is 1.63. The maximum Gasteiger partial charge on any atom is 0.263 e. The van der Waals surface area contributed by atoms with Crippen molar-refractivity contribution in [2.24, 2.45) is 0 Å². The third kappa shape index (κ3) is 5.26. The van der Waals surface area contributed by atoms with Crippen molar-refractivity contribution < 1.29 is 19.1 Å². The van der Waals surface area contributed by atoms with E-state index in [0.717, 1.165) is 31.2 Å². The van der Waals surface area contributed by atoms with Gasteiger partial charge in [-0.05, 0) is 38.0 Å². The van der Waals surface area contributed by atoms with Crippen LogP contribution in [0.5, 0.6) is 11.5 Å². The van der Waals surface area contributed by atoms with Crippen LogP contribution in [0.25, 0.3) is 10.6 Å². The van der Waals surface area contributed by atoms with Crippen LogP contribution in [0.15, 0.2) is 18.2 Å². The highest BCUT2D eigenvalue weighted by Crippen LogP contribution is 2.34. The number of nitrogens with one attached hydrogen (secondary N) is 2. The predicted molar refractivity (Wildman–Crippen MR) is 113 cm³/mol. The van der Waals surface area contributed by atoms with E-state index < -0.39 is 0 Å². The number of nitrogens with zero attached hydrogens (tertiary/aromatic N) is 1. The lowest BCUT2D eigenvalue weighted by Gasteiger charge is -2.22. The summed E-state index contributed by atoms with van der Waals surface area (Å²) in [6.07, 6.45) is 5.56. The van der Waals surface area contributed by atoms with E-state index in [-0.39, 0.29) is 24.4 Å². The number of aryl methyl sites for hydroxylation is 1. The average molecular weight is 418 g/mol. The average Bonchev–Trinajstić information content (AvgIpc) is 3.14. The van der Waals surface area contributed by atoms with Crippen LogP contribution < -0.4 is 20.1 Å². The Morgan fingerprint density at radius 2 is 1.86 bits per heavy atom. The zero-order chi connectivity index (χ0) is 20.8. The molecule has 0 saturated heterocycles. The normalized spacial score (nSPS) is 14.3. The van der Waals surface area contributed by atoms with Crippen LogP contribution >= 0.6 is 11.3 Å².